The zero-order valence-electron chi connectivity index (χ0n) is 15.6. The van der Waals surface area contributed by atoms with E-state index in [4.69, 9.17) is 9.15 Å². The van der Waals surface area contributed by atoms with Gasteiger partial charge in [0.2, 0.25) is 0 Å². The number of aromatic nitrogens is 1. The molecule has 2 fully saturated rings. The minimum Gasteiger partial charge on any atom is -0.465 e. The molecule has 0 aromatic carbocycles. The van der Waals surface area contributed by atoms with Gasteiger partial charge >= 0.3 is 0 Å². The molecule has 5 heteroatoms. The van der Waals surface area contributed by atoms with Gasteiger partial charge in [-0.05, 0) is 42.8 Å². The van der Waals surface area contributed by atoms with Gasteiger partial charge in [-0.2, -0.15) is 0 Å². The van der Waals surface area contributed by atoms with E-state index in [1.54, 1.807) is 0 Å². The Hall–Kier alpha value is -1.69. The summed E-state index contributed by atoms with van der Waals surface area (Å²) < 4.78 is 12.1. The third-order valence-corrected chi connectivity index (χ3v) is 5.61. The first-order valence-corrected chi connectivity index (χ1v) is 9.83. The first-order valence-electron chi connectivity index (χ1n) is 9.83. The highest BCUT2D eigenvalue weighted by Gasteiger charge is 2.33. The summed E-state index contributed by atoms with van der Waals surface area (Å²) in [6.45, 7) is 9.10. The van der Waals surface area contributed by atoms with Gasteiger partial charge in [-0.15, -0.1) is 0 Å². The Morgan fingerprint density at radius 2 is 1.81 bits per heavy atom. The Bertz CT molecular complexity index is 688. The molecule has 5 nitrogen and oxygen atoms in total. The largest absolute Gasteiger partial charge is 0.465 e. The molecule has 0 amide bonds. The van der Waals surface area contributed by atoms with Crippen molar-refractivity contribution in [3.05, 3.63) is 53.7 Å². The van der Waals surface area contributed by atoms with E-state index >= 15 is 0 Å². The molecule has 0 spiro atoms. The maximum atomic E-state index is 6.24. The lowest BCUT2D eigenvalue weighted by molar-refractivity contribution is -0.0256. The summed E-state index contributed by atoms with van der Waals surface area (Å²) in [6, 6.07) is 8.44. The molecule has 4 rings (SSSR count). The van der Waals surface area contributed by atoms with E-state index in [0.29, 0.717) is 12.0 Å². The van der Waals surface area contributed by atoms with Crippen LogP contribution in [0.4, 0.5) is 0 Å². The molecule has 0 saturated carbocycles. The van der Waals surface area contributed by atoms with Gasteiger partial charge in [0.1, 0.15) is 11.5 Å². The number of ether oxygens (including phenoxy) is 1. The molecule has 2 aromatic rings. The molecule has 140 valence electrons. The second-order valence-corrected chi connectivity index (χ2v) is 7.51. The summed E-state index contributed by atoms with van der Waals surface area (Å²) in [5.74, 6) is 2.78. The number of hydrogen-bond donors (Lipinski definition) is 0. The van der Waals surface area contributed by atoms with Gasteiger partial charge in [-0.25, -0.2) is 0 Å². The number of fused-ring (bicyclic) bond motifs is 1. The summed E-state index contributed by atoms with van der Waals surface area (Å²) >= 11 is 0. The SMILES string of the molecule is CCc1ccc(CN2CC[C@H]3CN(Cc4ccncc4)CCO[C@H]3C2)o1. The van der Waals surface area contributed by atoms with Gasteiger partial charge in [-0.1, -0.05) is 6.92 Å². The smallest absolute Gasteiger partial charge is 0.118 e. The molecular weight excluding hydrogens is 326 g/mol. The van der Waals surface area contributed by atoms with Crippen molar-refractivity contribution in [2.75, 3.05) is 32.8 Å². The van der Waals surface area contributed by atoms with Crippen LogP contribution in [-0.2, 0) is 24.2 Å². The van der Waals surface area contributed by atoms with E-state index in [9.17, 15) is 0 Å². The number of rotatable bonds is 5. The van der Waals surface area contributed by atoms with Crippen molar-refractivity contribution in [3.8, 4) is 0 Å². The van der Waals surface area contributed by atoms with Gasteiger partial charge < -0.3 is 9.15 Å². The van der Waals surface area contributed by atoms with Gasteiger partial charge in [0.05, 0.1) is 19.3 Å². The summed E-state index contributed by atoms with van der Waals surface area (Å²) in [5.41, 5.74) is 1.33. The molecule has 0 radical (unpaired) electrons. The topological polar surface area (TPSA) is 41.7 Å². The molecule has 2 atom stereocenters. The van der Waals surface area contributed by atoms with Crippen LogP contribution in [0.5, 0.6) is 0 Å². The van der Waals surface area contributed by atoms with E-state index in [1.165, 1.54) is 12.0 Å². The van der Waals surface area contributed by atoms with Crippen molar-refractivity contribution in [2.45, 2.75) is 39.0 Å². The maximum Gasteiger partial charge on any atom is 0.118 e. The van der Waals surface area contributed by atoms with E-state index in [0.717, 1.165) is 63.8 Å². The fourth-order valence-electron chi connectivity index (χ4n) is 4.13. The predicted molar refractivity (Wildman–Crippen MR) is 101 cm³/mol. The monoisotopic (exact) mass is 355 g/mol. The number of likely N-dealkylation sites (tertiary alicyclic amines) is 1. The van der Waals surface area contributed by atoms with Crippen molar-refractivity contribution < 1.29 is 9.15 Å². The predicted octanol–water partition coefficient (Wildman–Crippen LogP) is 2.96. The summed E-state index contributed by atoms with van der Waals surface area (Å²) in [4.78, 5) is 9.14. The summed E-state index contributed by atoms with van der Waals surface area (Å²) in [6.07, 6.45) is 6.25. The van der Waals surface area contributed by atoms with Crippen molar-refractivity contribution in [3.63, 3.8) is 0 Å². The average Bonchev–Trinajstić information content (AvgIpc) is 3.02. The van der Waals surface area contributed by atoms with Crippen LogP contribution < -0.4 is 0 Å². The Morgan fingerprint density at radius 3 is 2.62 bits per heavy atom. The van der Waals surface area contributed by atoms with Gasteiger partial charge in [0, 0.05) is 50.9 Å². The van der Waals surface area contributed by atoms with Crippen LogP contribution in [0.15, 0.2) is 41.1 Å². The number of furan rings is 1. The van der Waals surface area contributed by atoms with Gasteiger partial charge in [0.15, 0.2) is 0 Å². The Kier molecular flexibility index (Phi) is 5.68. The third-order valence-electron chi connectivity index (χ3n) is 5.61. The van der Waals surface area contributed by atoms with Crippen molar-refractivity contribution in [2.24, 2.45) is 5.92 Å². The van der Waals surface area contributed by atoms with E-state index < -0.39 is 0 Å². The molecule has 2 saturated heterocycles. The molecule has 2 aromatic heterocycles. The number of aryl methyl sites for hydroxylation is 1. The average molecular weight is 355 g/mol. The Morgan fingerprint density at radius 1 is 1.00 bits per heavy atom. The number of nitrogens with zero attached hydrogens (tertiary/aromatic N) is 3. The van der Waals surface area contributed by atoms with Crippen molar-refractivity contribution in [1.29, 1.82) is 0 Å². The highest BCUT2D eigenvalue weighted by molar-refractivity contribution is 5.10. The van der Waals surface area contributed by atoms with E-state index in [1.807, 2.05) is 12.4 Å². The lowest BCUT2D eigenvalue weighted by Gasteiger charge is -2.37. The van der Waals surface area contributed by atoms with Crippen molar-refractivity contribution >= 4 is 0 Å². The molecule has 2 aliphatic rings. The van der Waals surface area contributed by atoms with Crippen LogP contribution in [0, 0.1) is 5.92 Å². The van der Waals surface area contributed by atoms with Gasteiger partial charge in [-0.3, -0.25) is 14.8 Å². The molecule has 2 aliphatic heterocycles. The third kappa shape index (κ3) is 4.34. The highest BCUT2D eigenvalue weighted by Crippen LogP contribution is 2.26. The maximum absolute atomic E-state index is 6.24. The lowest BCUT2D eigenvalue weighted by atomic mass is 9.93. The van der Waals surface area contributed by atoms with Crippen LogP contribution >= 0.6 is 0 Å². The first kappa shape index (κ1) is 17.7. The fourth-order valence-corrected chi connectivity index (χ4v) is 4.13. The lowest BCUT2D eigenvalue weighted by Crippen LogP contribution is -2.46. The molecular formula is C21H29N3O2. The zero-order chi connectivity index (χ0) is 17.8. The second kappa shape index (κ2) is 8.33. The fraction of sp³-hybridized carbons (Fsp3) is 0.571. The van der Waals surface area contributed by atoms with Crippen LogP contribution in [0.2, 0.25) is 0 Å². The van der Waals surface area contributed by atoms with Crippen LogP contribution in [0.25, 0.3) is 0 Å². The van der Waals surface area contributed by atoms with E-state index in [-0.39, 0.29) is 0 Å². The standard InChI is InChI=1S/C21H29N3O2/c1-2-19-3-4-20(26-19)15-23-10-7-18-14-24(11-12-25-21(18)16-23)13-17-5-8-22-9-6-17/h3-6,8-9,18,21H,2,7,10-16H2,1H3/t18-,21-/m0/s1. The van der Waals surface area contributed by atoms with E-state index in [2.05, 4.69) is 46.0 Å². The molecule has 0 unspecified atom stereocenters. The molecule has 4 heterocycles. The minimum atomic E-state index is 0.340. The highest BCUT2D eigenvalue weighted by atomic mass is 16.5. The molecule has 26 heavy (non-hydrogen) atoms. The van der Waals surface area contributed by atoms with Crippen LogP contribution in [-0.4, -0.2) is 53.7 Å². The zero-order valence-corrected chi connectivity index (χ0v) is 15.6. The van der Waals surface area contributed by atoms with Crippen LogP contribution in [0.1, 0.15) is 30.4 Å². The van der Waals surface area contributed by atoms with Crippen molar-refractivity contribution in [1.82, 2.24) is 14.8 Å². The molecule has 0 N–H and O–H groups in total. The second-order valence-electron chi connectivity index (χ2n) is 7.51. The molecule has 0 aliphatic carbocycles. The normalized spacial score (nSPS) is 25.0. The number of piperidine rings is 1. The summed E-state index contributed by atoms with van der Waals surface area (Å²) in [7, 11) is 0. The number of pyridine rings is 1. The Balaban J connectivity index is 1.32. The quantitative estimate of drug-likeness (QED) is 0.825. The molecule has 0 bridgehead atoms. The summed E-state index contributed by atoms with van der Waals surface area (Å²) in [5, 5.41) is 0. The van der Waals surface area contributed by atoms with Crippen LogP contribution in [0.3, 0.4) is 0 Å². The first-order chi connectivity index (χ1) is 12.8. The minimum absolute atomic E-state index is 0.340. The van der Waals surface area contributed by atoms with Gasteiger partial charge in [0.25, 0.3) is 0 Å². The Labute approximate surface area is 156 Å². The number of hydrogen-bond acceptors (Lipinski definition) is 5.